The number of imidazole rings is 1. The zero-order chi connectivity index (χ0) is 12.9. The third-order valence-corrected chi connectivity index (χ3v) is 3.32. The van der Waals surface area contributed by atoms with Crippen LogP contribution in [0.2, 0.25) is 0 Å². The first-order valence-electron chi connectivity index (χ1n) is 5.73. The van der Waals surface area contributed by atoms with E-state index in [4.69, 9.17) is 5.73 Å². The number of hydrogen-bond acceptors (Lipinski definition) is 5. The van der Waals surface area contributed by atoms with E-state index in [2.05, 4.69) is 9.97 Å². The summed E-state index contributed by atoms with van der Waals surface area (Å²) in [5.74, 6) is 1.10. The number of aryl methyl sites for hydroxylation is 1. The molecule has 3 atom stereocenters. The van der Waals surface area contributed by atoms with Gasteiger partial charge in [-0.25, -0.2) is 9.97 Å². The average Bonchev–Trinajstić information content (AvgIpc) is 2.83. The first kappa shape index (κ1) is 11.2. The Morgan fingerprint density at radius 3 is 2.78 bits per heavy atom. The molecular formula is C12H14N4O2. The molecule has 1 aliphatic rings. The third-order valence-electron chi connectivity index (χ3n) is 3.32. The van der Waals surface area contributed by atoms with Crippen LogP contribution in [0.25, 0.3) is 11.0 Å². The van der Waals surface area contributed by atoms with Crippen LogP contribution in [0.5, 0.6) is 0 Å². The van der Waals surface area contributed by atoms with Crippen LogP contribution in [0.1, 0.15) is 11.9 Å². The Morgan fingerprint density at radius 1 is 1.33 bits per heavy atom. The summed E-state index contributed by atoms with van der Waals surface area (Å²) in [6.07, 6.45) is 3.27. The Labute approximate surface area is 103 Å². The summed E-state index contributed by atoms with van der Waals surface area (Å²) in [6.45, 7) is 1.84. The van der Waals surface area contributed by atoms with E-state index >= 15 is 0 Å². The van der Waals surface area contributed by atoms with Crippen LogP contribution < -0.4 is 5.73 Å². The molecule has 6 nitrogen and oxygen atoms in total. The lowest BCUT2D eigenvalue weighted by Crippen LogP contribution is -2.28. The molecular weight excluding hydrogens is 232 g/mol. The lowest BCUT2D eigenvalue weighted by molar-refractivity contribution is 0.0372. The van der Waals surface area contributed by atoms with Gasteiger partial charge in [-0.1, -0.05) is 12.2 Å². The number of fused-ring (bicyclic) bond motifs is 1. The number of aromatic nitrogens is 3. The lowest BCUT2D eigenvalue weighted by atomic mass is 10.1. The standard InChI is InChI=1S/C12H14N4O2/c1-6-15-10-7(4-5-14-12(10)13)16(6)8-2-3-9(17)11(8)18/h2-5,8-9,11,17-18H,1H3,(H2,13,14)/t8-,9-,11+/m1/s1. The van der Waals surface area contributed by atoms with Gasteiger partial charge in [-0.2, -0.15) is 0 Å². The number of aliphatic hydroxyl groups excluding tert-OH is 2. The molecule has 0 unspecified atom stereocenters. The molecule has 4 N–H and O–H groups in total. The summed E-state index contributed by atoms with van der Waals surface area (Å²) in [6, 6.07) is 1.48. The van der Waals surface area contributed by atoms with Crippen molar-refractivity contribution in [3.05, 3.63) is 30.2 Å². The van der Waals surface area contributed by atoms with Crippen molar-refractivity contribution >= 4 is 16.9 Å². The van der Waals surface area contributed by atoms with Crippen LogP contribution in [0, 0.1) is 6.92 Å². The molecule has 0 radical (unpaired) electrons. The first-order chi connectivity index (χ1) is 8.59. The molecule has 2 aromatic rings. The molecule has 0 amide bonds. The molecule has 94 valence electrons. The van der Waals surface area contributed by atoms with Crippen LogP contribution in [0.15, 0.2) is 24.4 Å². The molecule has 0 bridgehead atoms. The summed E-state index contributed by atoms with van der Waals surface area (Å²) in [7, 11) is 0. The maximum atomic E-state index is 9.97. The van der Waals surface area contributed by atoms with Gasteiger partial charge < -0.3 is 20.5 Å². The van der Waals surface area contributed by atoms with E-state index in [9.17, 15) is 10.2 Å². The summed E-state index contributed by atoms with van der Waals surface area (Å²) in [4.78, 5) is 8.36. The highest BCUT2D eigenvalue weighted by atomic mass is 16.3. The number of nitrogens with two attached hydrogens (primary N) is 1. The number of pyridine rings is 1. The molecule has 18 heavy (non-hydrogen) atoms. The highest BCUT2D eigenvalue weighted by Gasteiger charge is 2.31. The molecule has 0 aromatic carbocycles. The highest BCUT2D eigenvalue weighted by molar-refractivity contribution is 5.85. The van der Waals surface area contributed by atoms with E-state index in [-0.39, 0.29) is 6.04 Å². The predicted molar refractivity (Wildman–Crippen MR) is 66.9 cm³/mol. The van der Waals surface area contributed by atoms with E-state index in [0.29, 0.717) is 11.3 Å². The molecule has 0 aliphatic heterocycles. The van der Waals surface area contributed by atoms with Crippen molar-refractivity contribution in [3.63, 3.8) is 0 Å². The number of rotatable bonds is 1. The van der Waals surface area contributed by atoms with Crippen LogP contribution in [-0.4, -0.2) is 37.0 Å². The second kappa shape index (κ2) is 3.79. The zero-order valence-corrected chi connectivity index (χ0v) is 9.85. The molecule has 0 spiro atoms. The van der Waals surface area contributed by atoms with Crippen molar-refractivity contribution in [1.29, 1.82) is 0 Å². The lowest BCUT2D eigenvalue weighted by Gasteiger charge is -2.20. The number of anilines is 1. The fourth-order valence-electron chi connectivity index (χ4n) is 2.43. The molecule has 1 aliphatic carbocycles. The number of hydrogen-bond donors (Lipinski definition) is 3. The second-order valence-electron chi connectivity index (χ2n) is 4.45. The first-order valence-corrected chi connectivity index (χ1v) is 5.73. The van der Waals surface area contributed by atoms with Crippen LogP contribution in [0.4, 0.5) is 5.82 Å². The molecule has 6 heteroatoms. The van der Waals surface area contributed by atoms with Crippen LogP contribution in [-0.2, 0) is 0 Å². The summed E-state index contributed by atoms with van der Waals surface area (Å²) < 4.78 is 1.87. The van der Waals surface area contributed by atoms with Gasteiger partial charge >= 0.3 is 0 Å². The van der Waals surface area contributed by atoms with E-state index in [1.165, 1.54) is 0 Å². The van der Waals surface area contributed by atoms with Gasteiger partial charge in [0.25, 0.3) is 0 Å². The minimum Gasteiger partial charge on any atom is -0.388 e. The van der Waals surface area contributed by atoms with Crippen molar-refractivity contribution in [2.45, 2.75) is 25.2 Å². The molecule has 0 fully saturated rings. The predicted octanol–water partition coefficient (Wildman–Crippen LogP) is 0.155. The highest BCUT2D eigenvalue weighted by Crippen LogP contribution is 2.30. The van der Waals surface area contributed by atoms with Crippen molar-refractivity contribution in [3.8, 4) is 0 Å². The van der Waals surface area contributed by atoms with Gasteiger partial charge in [-0.15, -0.1) is 0 Å². The summed E-state index contributed by atoms with van der Waals surface area (Å²) in [5.41, 5.74) is 7.21. The topological polar surface area (TPSA) is 97.2 Å². The minimum absolute atomic E-state index is 0.327. The van der Waals surface area contributed by atoms with E-state index in [0.717, 1.165) is 11.3 Å². The Hall–Kier alpha value is -1.92. The number of nitrogen functional groups attached to an aromatic ring is 1. The minimum atomic E-state index is -0.865. The van der Waals surface area contributed by atoms with Gasteiger partial charge in [0.05, 0.1) is 11.6 Å². The maximum Gasteiger partial charge on any atom is 0.151 e. The van der Waals surface area contributed by atoms with Crippen molar-refractivity contribution < 1.29 is 10.2 Å². The Kier molecular flexibility index (Phi) is 2.36. The molecule has 0 saturated carbocycles. The monoisotopic (exact) mass is 246 g/mol. The fraction of sp³-hybridized carbons (Fsp3) is 0.333. The zero-order valence-electron chi connectivity index (χ0n) is 9.85. The van der Waals surface area contributed by atoms with Gasteiger partial charge in [0, 0.05) is 6.20 Å². The van der Waals surface area contributed by atoms with Crippen molar-refractivity contribution in [1.82, 2.24) is 14.5 Å². The van der Waals surface area contributed by atoms with Crippen molar-refractivity contribution in [2.24, 2.45) is 0 Å². The van der Waals surface area contributed by atoms with Gasteiger partial charge in [0.1, 0.15) is 23.5 Å². The third kappa shape index (κ3) is 1.43. The van der Waals surface area contributed by atoms with E-state index in [1.54, 1.807) is 24.4 Å². The number of nitrogens with zero attached hydrogens (tertiary/aromatic N) is 3. The summed E-state index contributed by atoms with van der Waals surface area (Å²) in [5, 5.41) is 19.6. The second-order valence-corrected chi connectivity index (χ2v) is 4.45. The Morgan fingerprint density at radius 2 is 2.11 bits per heavy atom. The van der Waals surface area contributed by atoms with Gasteiger partial charge in [0.2, 0.25) is 0 Å². The normalized spacial score (nSPS) is 27.2. The average molecular weight is 246 g/mol. The van der Waals surface area contributed by atoms with Gasteiger partial charge in [-0.3, -0.25) is 0 Å². The molecule has 0 saturated heterocycles. The van der Waals surface area contributed by atoms with E-state index < -0.39 is 12.2 Å². The summed E-state index contributed by atoms with van der Waals surface area (Å²) >= 11 is 0. The molecule has 2 aromatic heterocycles. The maximum absolute atomic E-state index is 9.97. The van der Waals surface area contributed by atoms with Crippen molar-refractivity contribution in [2.75, 3.05) is 5.73 Å². The molecule has 3 rings (SSSR count). The van der Waals surface area contributed by atoms with Gasteiger partial charge in [-0.05, 0) is 13.0 Å². The Balaban J connectivity index is 2.21. The van der Waals surface area contributed by atoms with Gasteiger partial charge in [0.15, 0.2) is 5.82 Å². The number of aliphatic hydroxyl groups is 2. The SMILES string of the molecule is Cc1nc2c(N)nccc2n1[C@@H]1C=C[C@@H](O)[C@H]1O. The smallest absolute Gasteiger partial charge is 0.151 e. The van der Waals surface area contributed by atoms with E-state index in [1.807, 2.05) is 11.5 Å². The van der Waals surface area contributed by atoms with Crippen LogP contribution in [0.3, 0.4) is 0 Å². The molecule has 2 heterocycles. The Bertz CT molecular complexity index is 634. The van der Waals surface area contributed by atoms with Crippen LogP contribution >= 0.6 is 0 Å². The largest absolute Gasteiger partial charge is 0.388 e. The fourth-order valence-corrected chi connectivity index (χ4v) is 2.43. The quantitative estimate of drug-likeness (QED) is 0.622.